The summed E-state index contributed by atoms with van der Waals surface area (Å²) in [6.45, 7) is 3.90. The highest BCUT2D eigenvalue weighted by Crippen LogP contribution is 2.51. The zero-order valence-corrected chi connectivity index (χ0v) is 13.6. The van der Waals surface area contributed by atoms with Crippen molar-refractivity contribution in [3.05, 3.63) is 17.7 Å². The maximum atomic E-state index is 11.0. The number of isocyanates is 1. The number of nitrogens with zero attached hydrogens (tertiary/aromatic N) is 1. The van der Waals surface area contributed by atoms with Crippen LogP contribution >= 0.6 is 0 Å². The molecule has 5 heteroatoms. The average Bonchev–Trinajstić information content (AvgIpc) is 2.96. The van der Waals surface area contributed by atoms with Crippen LogP contribution in [0.5, 0.6) is 17.2 Å². The molecule has 120 valence electrons. The molecule has 0 N–H and O–H groups in total. The Balaban J connectivity index is 2.65. The number of aliphatic imine (C=N–C) groups is 1. The van der Waals surface area contributed by atoms with Crippen LogP contribution in [0.4, 0.5) is 0 Å². The van der Waals surface area contributed by atoms with Crippen molar-refractivity contribution < 1.29 is 19.0 Å². The summed E-state index contributed by atoms with van der Waals surface area (Å²) in [6.07, 6.45) is 5.39. The predicted octanol–water partition coefficient (Wildman–Crippen LogP) is 3.60. The van der Waals surface area contributed by atoms with E-state index in [1.54, 1.807) is 20.3 Å². The van der Waals surface area contributed by atoms with E-state index in [4.69, 9.17) is 14.2 Å². The lowest BCUT2D eigenvalue weighted by atomic mass is 9.87. The SMILES string of the molecule is COc1ccc(C2(N=C=O)CCCC2)c(OC(C)C)c1OC. The number of hydrogen-bond donors (Lipinski definition) is 0. The minimum atomic E-state index is -0.564. The highest BCUT2D eigenvalue weighted by atomic mass is 16.5. The molecule has 0 saturated heterocycles. The first-order valence-electron chi connectivity index (χ1n) is 7.59. The molecule has 0 aromatic heterocycles. The molecule has 2 rings (SSSR count). The Labute approximate surface area is 131 Å². The van der Waals surface area contributed by atoms with Crippen molar-refractivity contribution in [2.75, 3.05) is 14.2 Å². The molecule has 5 nitrogen and oxygen atoms in total. The van der Waals surface area contributed by atoms with E-state index in [0.717, 1.165) is 31.2 Å². The second-order valence-corrected chi connectivity index (χ2v) is 5.79. The molecule has 0 bridgehead atoms. The third kappa shape index (κ3) is 2.95. The molecule has 0 amide bonds. The van der Waals surface area contributed by atoms with Gasteiger partial charge in [0.2, 0.25) is 11.8 Å². The van der Waals surface area contributed by atoms with E-state index in [-0.39, 0.29) is 6.10 Å². The molecule has 1 aromatic carbocycles. The number of carbonyl (C=O) groups excluding carboxylic acids is 1. The molecule has 1 fully saturated rings. The zero-order valence-electron chi connectivity index (χ0n) is 13.6. The maximum absolute atomic E-state index is 11.0. The lowest BCUT2D eigenvalue weighted by Gasteiger charge is -2.28. The van der Waals surface area contributed by atoms with Crippen LogP contribution in [0.2, 0.25) is 0 Å². The first-order chi connectivity index (χ1) is 10.6. The first kappa shape index (κ1) is 16.4. The summed E-state index contributed by atoms with van der Waals surface area (Å²) in [5.74, 6) is 1.75. The first-order valence-corrected chi connectivity index (χ1v) is 7.59. The van der Waals surface area contributed by atoms with Gasteiger partial charge in [-0.25, -0.2) is 4.79 Å². The van der Waals surface area contributed by atoms with Crippen LogP contribution < -0.4 is 14.2 Å². The summed E-state index contributed by atoms with van der Waals surface area (Å²) in [6, 6.07) is 3.76. The van der Waals surface area contributed by atoms with Crippen molar-refractivity contribution in [1.82, 2.24) is 0 Å². The number of methoxy groups -OCH3 is 2. The van der Waals surface area contributed by atoms with E-state index in [0.29, 0.717) is 17.2 Å². The quantitative estimate of drug-likeness (QED) is 0.595. The van der Waals surface area contributed by atoms with Gasteiger partial charge in [-0.3, -0.25) is 0 Å². The Kier molecular flexibility index (Phi) is 5.09. The van der Waals surface area contributed by atoms with Crippen molar-refractivity contribution >= 4 is 6.08 Å². The monoisotopic (exact) mass is 305 g/mol. The van der Waals surface area contributed by atoms with Crippen molar-refractivity contribution in [1.29, 1.82) is 0 Å². The van der Waals surface area contributed by atoms with Crippen LogP contribution in [0, 0.1) is 0 Å². The van der Waals surface area contributed by atoms with E-state index in [1.165, 1.54) is 0 Å². The Bertz CT molecular complexity index is 570. The van der Waals surface area contributed by atoms with Gasteiger partial charge in [-0.05, 0) is 38.8 Å². The van der Waals surface area contributed by atoms with Gasteiger partial charge in [0.25, 0.3) is 0 Å². The van der Waals surface area contributed by atoms with E-state index < -0.39 is 5.54 Å². The summed E-state index contributed by atoms with van der Waals surface area (Å²) < 4.78 is 16.9. The molecule has 1 saturated carbocycles. The number of hydrogen-bond acceptors (Lipinski definition) is 5. The molecule has 0 unspecified atom stereocenters. The van der Waals surface area contributed by atoms with Gasteiger partial charge in [0.1, 0.15) is 5.54 Å². The molecule has 1 aromatic rings. The number of rotatable bonds is 6. The zero-order chi connectivity index (χ0) is 16.2. The van der Waals surface area contributed by atoms with Crippen molar-refractivity contribution in [3.63, 3.8) is 0 Å². The lowest BCUT2D eigenvalue weighted by molar-refractivity contribution is 0.218. The van der Waals surface area contributed by atoms with E-state index >= 15 is 0 Å². The molecule has 0 heterocycles. The van der Waals surface area contributed by atoms with Crippen LogP contribution in [0.1, 0.15) is 45.1 Å². The molecule has 0 radical (unpaired) electrons. The topological polar surface area (TPSA) is 57.1 Å². The average molecular weight is 305 g/mol. The van der Waals surface area contributed by atoms with Gasteiger partial charge >= 0.3 is 0 Å². The summed E-state index contributed by atoms with van der Waals surface area (Å²) in [7, 11) is 3.17. The Morgan fingerprint density at radius 1 is 1.14 bits per heavy atom. The Morgan fingerprint density at radius 2 is 1.82 bits per heavy atom. The van der Waals surface area contributed by atoms with Gasteiger partial charge in [0.05, 0.1) is 20.3 Å². The predicted molar refractivity (Wildman–Crippen MR) is 83.6 cm³/mol. The van der Waals surface area contributed by atoms with E-state index in [2.05, 4.69) is 4.99 Å². The summed E-state index contributed by atoms with van der Waals surface area (Å²) >= 11 is 0. The minimum absolute atomic E-state index is 0.0292. The van der Waals surface area contributed by atoms with Crippen molar-refractivity contribution in [2.24, 2.45) is 4.99 Å². The molecular weight excluding hydrogens is 282 g/mol. The normalized spacial score (nSPS) is 16.2. The van der Waals surface area contributed by atoms with Gasteiger partial charge in [-0.1, -0.05) is 12.8 Å². The molecule has 0 atom stereocenters. The van der Waals surface area contributed by atoms with Gasteiger partial charge in [0, 0.05) is 5.56 Å². The van der Waals surface area contributed by atoms with Gasteiger partial charge in [0.15, 0.2) is 11.5 Å². The molecule has 0 spiro atoms. The summed E-state index contributed by atoms with van der Waals surface area (Å²) in [5, 5.41) is 0. The van der Waals surface area contributed by atoms with Crippen LogP contribution in [0.3, 0.4) is 0 Å². The van der Waals surface area contributed by atoms with Crippen LogP contribution in [0.25, 0.3) is 0 Å². The highest BCUT2D eigenvalue weighted by Gasteiger charge is 2.39. The molecule has 0 aliphatic heterocycles. The molecule has 1 aliphatic rings. The Morgan fingerprint density at radius 3 is 2.32 bits per heavy atom. The fourth-order valence-corrected chi connectivity index (χ4v) is 3.11. The lowest BCUT2D eigenvalue weighted by Crippen LogP contribution is -2.22. The number of ether oxygens (including phenoxy) is 3. The van der Waals surface area contributed by atoms with Gasteiger partial charge in [-0.15, -0.1) is 0 Å². The highest BCUT2D eigenvalue weighted by molar-refractivity contribution is 5.59. The van der Waals surface area contributed by atoms with Crippen molar-refractivity contribution in [2.45, 2.75) is 51.2 Å². The van der Waals surface area contributed by atoms with Gasteiger partial charge in [-0.2, -0.15) is 4.99 Å². The molecule has 1 aliphatic carbocycles. The van der Waals surface area contributed by atoms with Crippen LogP contribution in [0.15, 0.2) is 17.1 Å². The van der Waals surface area contributed by atoms with Crippen LogP contribution in [-0.2, 0) is 10.3 Å². The van der Waals surface area contributed by atoms with Gasteiger partial charge < -0.3 is 14.2 Å². The smallest absolute Gasteiger partial charge is 0.235 e. The number of benzene rings is 1. The van der Waals surface area contributed by atoms with Crippen molar-refractivity contribution in [3.8, 4) is 17.2 Å². The van der Waals surface area contributed by atoms with E-state index in [9.17, 15) is 4.79 Å². The summed E-state index contributed by atoms with van der Waals surface area (Å²) in [4.78, 5) is 15.1. The molecular formula is C17H23NO4. The fourth-order valence-electron chi connectivity index (χ4n) is 3.11. The fraction of sp³-hybridized carbons (Fsp3) is 0.588. The second kappa shape index (κ2) is 6.84. The largest absolute Gasteiger partial charge is 0.493 e. The summed E-state index contributed by atoms with van der Waals surface area (Å²) in [5.41, 5.74) is 0.311. The van der Waals surface area contributed by atoms with Crippen LogP contribution in [-0.4, -0.2) is 26.4 Å². The standard InChI is InChI=1S/C17H23NO4/c1-12(2)22-15-13(7-8-14(20-3)16(15)21-4)17(18-11-19)9-5-6-10-17/h7-8,12H,5-6,9-10H2,1-4H3. The Hall–Kier alpha value is -2.00. The third-order valence-corrected chi connectivity index (χ3v) is 4.05. The minimum Gasteiger partial charge on any atom is -0.493 e. The third-order valence-electron chi connectivity index (χ3n) is 4.05. The second-order valence-electron chi connectivity index (χ2n) is 5.79. The maximum Gasteiger partial charge on any atom is 0.235 e. The molecule has 22 heavy (non-hydrogen) atoms. The van der Waals surface area contributed by atoms with E-state index in [1.807, 2.05) is 26.0 Å².